The highest BCUT2D eigenvalue weighted by Crippen LogP contribution is 2.27. The van der Waals surface area contributed by atoms with Crippen molar-refractivity contribution in [2.24, 2.45) is 0 Å². The van der Waals surface area contributed by atoms with Crippen LogP contribution in [-0.2, 0) is 9.53 Å². The quantitative estimate of drug-likeness (QED) is 0.462. The monoisotopic (exact) mass is 378 g/mol. The Morgan fingerprint density at radius 2 is 1.91 bits per heavy atom. The van der Waals surface area contributed by atoms with Crippen molar-refractivity contribution < 1.29 is 19.4 Å². The number of allylic oxidation sites excluding steroid dienone is 1. The summed E-state index contributed by atoms with van der Waals surface area (Å²) < 4.78 is 5.03. The molecular weight excluding hydrogens is 367 g/mol. The summed E-state index contributed by atoms with van der Waals surface area (Å²) in [6.07, 6.45) is 0.968. The summed E-state index contributed by atoms with van der Waals surface area (Å²) in [7, 11) is 0. The second-order valence-electron chi connectivity index (χ2n) is 4.03. The largest absolute Gasteiger partial charge is 0.479 e. The minimum atomic E-state index is -1.27. The zero-order valence-corrected chi connectivity index (χ0v) is 14.8. The summed E-state index contributed by atoms with van der Waals surface area (Å²) in [5.74, 6) is -1.81. The Hall–Kier alpha value is -1.08. The van der Waals surface area contributed by atoms with E-state index in [9.17, 15) is 9.59 Å². The molecule has 118 valence electrons. The van der Waals surface area contributed by atoms with Crippen molar-refractivity contribution in [3.8, 4) is 0 Å². The maximum Gasteiger partial charge on any atom is 0.342 e. The molecule has 0 unspecified atom stereocenters. The van der Waals surface area contributed by atoms with Crippen LogP contribution in [0.25, 0.3) is 0 Å². The van der Waals surface area contributed by atoms with E-state index in [1.54, 1.807) is 13.8 Å². The molecule has 0 amide bonds. The van der Waals surface area contributed by atoms with E-state index in [2.05, 4.69) is 0 Å². The van der Waals surface area contributed by atoms with Crippen LogP contribution < -0.4 is 0 Å². The highest BCUT2D eigenvalue weighted by atomic mass is 35.5. The number of hydrogen-bond donors (Lipinski definition) is 1. The fourth-order valence-corrected chi connectivity index (χ4v) is 2.85. The Morgan fingerprint density at radius 1 is 1.36 bits per heavy atom. The zero-order valence-electron chi connectivity index (χ0n) is 11.7. The molecule has 8 heteroatoms. The van der Waals surface area contributed by atoms with Crippen LogP contribution in [0.2, 0.25) is 10.0 Å². The van der Waals surface area contributed by atoms with E-state index in [1.165, 1.54) is 12.1 Å². The predicted molar refractivity (Wildman–Crippen MR) is 93.1 cm³/mol. The van der Waals surface area contributed by atoms with E-state index in [-0.39, 0.29) is 14.9 Å². The topological polar surface area (TPSA) is 63.6 Å². The maximum atomic E-state index is 12.2. The molecule has 4 nitrogen and oxygen atoms in total. The number of ether oxygens (including phenoxy) is 1. The average Bonchev–Trinajstić information content (AvgIpc) is 2.43. The molecule has 0 fully saturated rings. The number of carbonyl (C=O) groups is 2. The molecule has 0 heterocycles. The van der Waals surface area contributed by atoms with Crippen LogP contribution in [0.4, 0.5) is 0 Å². The lowest BCUT2D eigenvalue weighted by atomic mass is 10.1. The van der Waals surface area contributed by atoms with Crippen LogP contribution in [-0.4, -0.2) is 27.8 Å². The van der Waals surface area contributed by atoms with Crippen LogP contribution in [0.15, 0.2) is 23.1 Å². The van der Waals surface area contributed by atoms with E-state index < -0.39 is 11.8 Å². The molecule has 0 saturated heterocycles. The molecule has 0 bridgehead atoms. The molecule has 1 N–H and O–H groups in total. The number of carboxylic acids is 1. The van der Waals surface area contributed by atoms with Gasteiger partial charge in [-0.05, 0) is 55.5 Å². The summed E-state index contributed by atoms with van der Waals surface area (Å²) in [5.41, 5.74) is 0.844. The first-order chi connectivity index (χ1) is 10.3. The maximum absolute atomic E-state index is 12.2. The minimum Gasteiger partial charge on any atom is -0.479 e. The second kappa shape index (κ2) is 8.53. The Labute approximate surface area is 147 Å². The number of thioether (sulfide) groups is 1. The zero-order chi connectivity index (χ0) is 16.9. The first-order valence-electron chi connectivity index (χ1n) is 6.05. The molecule has 0 spiro atoms. The van der Waals surface area contributed by atoms with Gasteiger partial charge in [0.05, 0.1) is 6.61 Å². The van der Waals surface area contributed by atoms with Crippen LogP contribution >= 0.6 is 47.2 Å². The van der Waals surface area contributed by atoms with Crippen LogP contribution in [0, 0.1) is 6.92 Å². The van der Waals surface area contributed by atoms with E-state index in [0.29, 0.717) is 34.0 Å². The number of halogens is 2. The van der Waals surface area contributed by atoms with Gasteiger partial charge in [0, 0.05) is 21.7 Å². The molecule has 0 atom stereocenters. The lowest BCUT2D eigenvalue weighted by molar-refractivity contribution is -0.131. The van der Waals surface area contributed by atoms with Gasteiger partial charge in [0.1, 0.15) is 4.91 Å². The third-order valence-electron chi connectivity index (χ3n) is 2.49. The van der Waals surface area contributed by atoms with Crippen molar-refractivity contribution >= 4 is 63.3 Å². The molecule has 0 aliphatic rings. The Morgan fingerprint density at radius 3 is 2.36 bits per heavy atom. The van der Waals surface area contributed by atoms with Crippen molar-refractivity contribution in [3.63, 3.8) is 0 Å². The number of aliphatic carboxylic acids is 1. The number of carboxylic acid groups (broad SMARTS) is 1. The third kappa shape index (κ3) is 5.28. The highest BCUT2D eigenvalue weighted by molar-refractivity contribution is 8.25. The van der Waals surface area contributed by atoms with Crippen LogP contribution in [0.3, 0.4) is 0 Å². The van der Waals surface area contributed by atoms with Gasteiger partial charge in [-0.2, -0.15) is 0 Å². The predicted octanol–water partition coefficient (Wildman–Crippen LogP) is 4.51. The van der Waals surface area contributed by atoms with Crippen molar-refractivity contribution in [1.29, 1.82) is 0 Å². The lowest BCUT2D eigenvalue weighted by Crippen LogP contribution is -2.06. The smallest absolute Gasteiger partial charge is 0.342 e. The summed E-state index contributed by atoms with van der Waals surface area (Å²) in [6.45, 7) is 3.75. The standard InChI is InChI=1S/C14H12Cl2O4S2/c1-3-20-14(21)22-12(13(18)19)6-11(17)8-4-9(15)7(2)10(16)5-8/h4-6H,3H2,1-2H3,(H,18,19)/b12-6-. The summed E-state index contributed by atoms with van der Waals surface area (Å²) in [6, 6.07) is 2.87. The van der Waals surface area contributed by atoms with Gasteiger partial charge in [-0.15, -0.1) is 0 Å². The van der Waals surface area contributed by atoms with Gasteiger partial charge in [0.15, 0.2) is 5.78 Å². The average molecular weight is 379 g/mol. The molecule has 0 saturated carbocycles. The molecule has 1 aromatic carbocycles. The third-order valence-corrected chi connectivity index (χ3v) is 4.44. The van der Waals surface area contributed by atoms with Gasteiger partial charge in [0.25, 0.3) is 0 Å². The summed E-state index contributed by atoms with van der Waals surface area (Å²) >= 11 is 17.5. The summed E-state index contributed by atoms with van der Waals surface area (Å²) in [4.78, 5) is 23.1. The molecule has 0 aromatic heterocycles. The molecule has 22 heavy (non-hydrogen) atoms. The number of ketones is 1. The molecule has 1 aromatic rings. The minimum absolute atomic E-state index is 0.0314. The summed E-state index contributed by atoms with van der Waals surface area (Å²) in [5, 5.41) is 9.79. The highest BCUT2D eigenvalue weighted by Gasteiger charge is 2.16. The Balaban J connectivity index is 3.08. The molecule has 0 aliphatic heterocycles. The van der Waals surface area contributed by atoms with Gasteiger partial charge < -0.3 is 9.84 Å². The van der Waals surface area contributed by atoms with E-state index in [4.69, 9.17) is 45.3 Å². The van der Waals surface area contributed by atoms with Gasteiger partial charge >= 0.3 is 5.97 Å². The van der Waals surface area contributed by atoms with Gasteiger partial charge in [-0.3, -0.25) is 4.79 Å². The second-order valence-corrected chi connectivity index (χ2v) is 6.49. The van der Waals surface area contributed by atoms with E-state index in [1.807, 2.05) is 0 Å². The van der Waals surface area contributed by atoms with Gasteiger partial charge in [-0.1, -0.05) is 23.2 Å². The fraction of sp³-hybridized carbons (Fsp3) is 0.214. The van der Waals surface area contributed by atoms with Crippen molar-refractivity contribution in [2.45, 2.75) is 13.8 Å². The lowest BCUT2D eigenvalue weighted by Gasteiger charge is -2.06. The number of thiocarbonyl (C=S) groups is 1. The Bertz CT molecular complexity index is 633. The molecular formula is C14H12Cl2O4S2. The van der Waals surface area contributed by atoms with E-state index >= 15 is 0 Å². The van der Waals surface area contributed by atoms with Crippen molar-refractivity contribution in [2.75, 3.05) is 6.61 Å². The number of benzene rings is 1. The number of carbonyl (C=O) groups excluding carboxylic acids is 1. The van der Waals surface area contributed by atoms with Crippen LogP contribution in [0.1, 0.15) is 22.8 Å². The Kier molecular flexibility index (Phi) is 7.35. The van der Waals surface area contributed by atoms with Gasteiger partial charge in [-0.25, -0.2) is 4.79 Å². The van der Waals surface area contributed by atoms with E-state index in [0.717, 1.165) is 6.08 Å². The van der Waals surface area contributed by atoms with Crippen molar-refractivity contribution in [1.82, 2.24) is 0 Å². The first kappa shape index (κ1) is 19.0. The molecule has 0 aliphatic carbocycles. The fourth-order valence-electron chi connectivity index (χ4n) is 1.36. The number of rotatable bonds is 5. The SMILES string of the molecule is CCOC(=S)S/C(=C\C(=O)c1cc(Cl)c(C)c(Cl)c1)C(=O)O. The van der Waals surface area contributed by atoms with Gasteiger partial charge in [0.2, 0.25) is 4.38 Å². The molecule has 1 rings (SSSR count). The molecule has 0 radical (unpaired) electrons. The van der Waals surface area contributed by atoms with Crippen molar-refractivity contribution in [3.05, 3.63) is 44.3 Å². The van der Waals surface area contributed by atoms with Crippen LogP contribution in [0.5, 0.6) is 0 Å². The normalized spacial score (nSPS) is 11.2. The number of hydrogen-bond acceptors (Lipinski definition) is 5. The first-order valence-corrected chi connectivity index (χ1v) is 8.03.